The molecule has 1 aliphatic heterocycles. The van der Waals surface area contributed by atoms with E-state index in [9.17, 15) is 18.0 Å². The van der Waals surface area contributed by atoms with E-state index >= 15 is 0 Å². The van der Waals surface area contributed by atoms with Crippen LogP contribution in [0.25, 0.3) is 0 Å². The van der Waals surface area contributed by atoms with Gasteiger partial charge >= 0.3 is 5.97 Å². The molecule has 1 aromatic carbocycles. The first kappa shape index (κ1) is 23.0. The third-order valence-electron chi connectivity index (χ3n) is 5.47. The minimum atomic E-state index is -3.64. The van der Waals surface area contributed by atoms with Crippen molar-refractivity contribution in [1.82, 2.24) is 13.8 Å². The van der Waals surface area contributed by atoms with Crippen molar-refractivity contribution in [2.24, 2.45) is 7.05 Å². The zero-order valence-electron chi connectivity index (χ0n) is 18.0. The number of esters is 1. The fourth-order valence-corrected chi connectivity index (χ4v) is 5.28. The van der Waals surface area contributed by atoms with Crippen LogP contribution in [0.1, 0.15) is 41.7 Å². The summed E-state index contributed by atoms with van der Waals surface area (Å²) in [5, 5.41) is 0. The van der Waals surface area contributed by atoms with Crippen molar-refractivity contribution in [2.45, 2.75) is 37.1 Å². The average molecular weight is 448 g/mol. The number of ether oxygens (including phenoxy) is 1. The van der Waals surface area contributed by atoms with Gasteiger partial charge in [0.1, 0.15) is 10.6 Å². The van der Waals surface area contributed by atoms with Crippen LogP contribution in [0.3, 0.4) is 0 Å². The maximum Gasteiger partial charge on any atom is 0.307 e. The number of hydrogen-bond donors (Lipinski definition) is 0. The maximum atomic E-state index is 13.3. The molecule has 0 aliphatic carbocycles. The van der Waals surface area contributed by atoms with Gasteiger partial charge in [-0.2, -0.15) is 4.31 Å². The molecule has 3 rings (SSSR count). The van der Waals surface area contributed by atoms with Crippen molar-refractivity contribution in [3.8, 4) is 0 Å². The number of aromatic nitrogens is 1. The number of aryl methyl sites for hydroxylation is 1. The van der Waals surface area contributed by atoms with Gasteiger partial charge < -0.3 is 14.2 Å². The van der Waals surface area contributed by atoms with Crippen LogP contribution in [0.4, 0.5) is 0 Å². The quantitative estimate of drug-likeness (QED) is 0.580. The molecule has 0 saturated carbocycles. The Morgan fingerprint density at radius 2 is 1.77 bits per heavy atom. The smallest absolute Gasteiger partial charge is 0.307 e. The van der Waals surface area contributed by atoms with Gasteiger partial charge in [-0.15, -0.1) is 0 Å². The van der Waals surface area contributed by atoms with Crippen LogP contribution in [-0.4, -0.2) is 60.8 Å². The molecule has 1 aliphatic rings. The Bertz CT molecular complexity index is 1010. The molecule has 31 heavy (non-hydrogen) atoms. The highest BCUT2D eigenvalue weighted by molar-refractivity contribution is 7.89. The second-order valence-electron chi connectivity index (χ2n) is 7.68. The molecular formula is C22H29N3O5S. The molecule has 1 fully saturated rings. The van der Waals surface area contributed by atoms with Crippen molar-refractivity contribution in [3.05, 3.63) is 53.9 Å². The molecule has 1 saturated heterocycles. The van der Waals surface area contributed by atoms with Crippen molar-refractivity contribution in [3.63, 3.8) is 0 Å². The topological polar surface area (TPSA) is 88.9 Å². The highest BCUT2D eigenvalue weighted by Crippen LogP contribution is 2.23. The highest BCUT2D eigenvalue weighted by atomic mass is 32.2. The maximum absolute atomic E-state index is 13.3. The molecule has 0 unspecified atom stereocenters. The summed E-state index contributed by atoms with van der Waals surface area (Å²) >= 11 is 0. The van der Waals surface area contributed by atoms with Crippen LogP contribution in [0.5, 0.6) is 0 Å². The standard InChI is InChI=1S/C22H29N3O5S/c1-23-17-19(31(28,29)25-12-7-4-8-13-25)15-20(23)22(27)24(14-11-21(26)30-2)16-18-9-5-3-6-10-18/h3,5-6,9-10,15,17H,4,7-8,11-14,16H2,1-2H3. The zero-order valence-corrected chi connectivity index (χ0v) is 18.8. The number of carbonyl (C=O) groups is 2. The van der Waals surface area contributed by atoms with Gasteiger partial charge in [-0.3, -0.25) is 9.59 Å². The molecule has 0 atom stereocenters. The summed E-state index contributed by atoms with van der Waals surface area (Å²) in [5.74, 6) is -0.749. The van der Waals surface area contributed by atoms with Gasteiger partial charge in [-0.05, 0) is 24.5 Å². The van der Waals surface area contributed by atoms with Gasteiger partial charge in [0, 0.05) is 39.4 Å². The van der Waals surface area contributed by atoms with Crippen molar-refractivity contribution in [1.29, 1.82) is 0 Å². The first-order valence-electron chi connectivity index (χ1n) is 10.4. The summed E-state index contributed by atoms with van der Waals surface area (Å²) in [6, 6.07) is 10.9. The van der Waals surface area contributed by atoms with Crippen LogP contribution in [0.2, 0.25) is 0 Å². The minimum absolute atomic E-state index is 0.0540. The van der Waals surface area contributed by atoms with Crippen molar-refractivity contribution < 1.29 is 22.7 Å². The van der Waals surface area contributed by atoms with E-state index in [1.54, 1.807) is 11.9 Å². The summed E-state index contributed by atoms with van der Waals surface area (Å²) in [5.41, 5.74) is 1.17. The zero-order chi connectivity index (χ0) is 22.4. The van der Waals surface area contributed by atoms with Crippen LogP contribution < -0.4 is 0 Å². The Balaban J connectivity index is 1.85. The largest absolute Gasteiger partial charge is 0.469 e. The molecule has 168 valence electrons. The third kappa shape index (κ3) is 5.54. The third-order valence-corrected chi connectivity index (χ3v) is 7.33. The number of benzene rings is 1. The second-order valence-corrected chi connectivity index (χ2v) is 9.61. The lowest BCUT2D eigenvalue weighted by molar-refractivity contribution is -0.140. The van der Waals surface area contributed by atoms with E-state index < -0.39 is 16.0 Å². The SMILES string of the molecule is COC(=O)CCN(Cc1ccccc1)C(=O)c1cc(S(=O)(=O)N2CCCCC2)cn1C. The lowest BCUT2D eigenvalue weighted by Gasteiger charge is -2.25. The Labute approximate surface area is 183 Å². The molecule has 2 aromatic rings. The molecule has 0 spiro atoms. The predicted molar refractivity (Wildman–Crippen MR) is 116 cm³/mol. The fraction of sp³-hybridized carbons (Fsp3) is 0.455. The fourth-order valence-electron chi connectivity index (χ4n) is 3.69. The molecule has 2 heterocycles. The summed E-state index contributed by atoms with van der Waals surface area (Å²) in [6.07, 6.45) is 4.25. The molecule has 9 heteroatoms. The van der Waals surface area contributed by atoms with Gasteiger partial charge in [0.2, 0.25) is 10.0 Å². The normalized spacial score (nSPS) is 14.9. The molecule has 1 aromatic heterocycles. The van der Waals surface area contributed by atoms with Gasteiger partial charge in [0.05, 0.1) is 13.5 Å². The molecule has 0 N–H and O–H groups in total. The van der Waals surface area contributed by atoms with Gasteiger partial charge in [0.15, 0.2) is 0 Å². The Morgan fingerprint density at radius 1 is 1.10 bits per heavy atom. The van der Waals surface area contributed by atoms with E-state index in [4.69, 9.17) is 4.74 Å². The van der Waals surface area contributed by atoms with Crippen LogP contribution in [-0.2, 0) is 33.1 Å². The Hall–Kier alpha value is -2.65. The Morgan fingerprint density at radius 3 is 2.42 bits per heavy atom. The summed E-state index contributed by atoms with van der Waals surface area (Å²) in [7, 11) is -0.681. The summed E-state index contributed by atoms with van der Waals surface area (Å²) < 4.78 is 33.8. The summed E-state index contributed by atoms with van der Waals surface area (Å²) in [6.45, 7) is 1.47. The van der Waals surface area contributed by atoms with Crippen molar-refractivity contribution >= 4 is 21.9 Å². The van der Waals surface area contributed by atoms with Gasteiger partial charge in [0.25, 0.3) is 5.91 Å². The van der Waals surface area contributed by atoms with Crippen LogP contribution in [0, 0.1) is 0 Å². The molecule has 1 amide bonds. The number of carbonyl (C=O) groups excluding carboxylic acids is 2. The minimum Gasteiger partial charge on any atom is -0.469 e. The van der Waals surface area contributed by atoms with E-state index in [0.717, 1.165) is 24.8 Å². The number of hydrogen-bond acceptors (Lipinski definition) is 5. The van der Waals surface area contributed by atoms with E-state index in [-0.39, 0.29) is 29.5 Å². The van der Waals surface area contributed by atoms with Gasteiger partial charge in [-0.25, -0.2) is 8.42 Å². The number of piperidine rings is 1. The van der Waals surface area contributed by atoms with E-state index in [1.807, 2.05) is 30.3 Å². The molecule has 0 radical (unpaired) electrons. The lowest BCUT2D eigenvalue weighted by atomic mass is 10.2. The molecular weight excluding hydrogens is 418 g/mol. The molecule has 0 bridgehead atoms. The number of methoxy groups -OCH3 is 1. The average Bonchev–Trinajstić information content (AvgIpc) is 3.19. The summed E-state index contributed by atoms with van der Waals surface area (Å²) in [4.78, 5) is 26.6. The van der Waals surface area contributed by atoms with Crippen LogP contribution >= 0.6 is 0 Å². The van der Waals surface area contributed by atoms with Crippen LogP contribution in [0.15, 0.2) is 47.5 Å². The Kier molecular flexibility index (Phi) is 7.50. The number of rotatable bonds is 8. The second kappa shape index (κ2) is 10.1. The van der Waals surface area contributed by atoms with Gasteiger partial charge in [-0.1, -0.05) is 36.8 Å². The van der Waals surface area contributed by atoms with E-state index in [2.05, 4.69) is 0 Å². The number of sulfonamides is 1. The number of nitrogens with zero attached hydrogens (tertiary/aromatic N) is 3. The van der Waals surface area contributed by atoms with E-state index in [0.29, 0.717) is 19.6 Å². The van der Waals surface area contributed by atoms with Crippen molar-refractivity contribution in [2.75, 3.05) is 26.7 Å². The molecule has 8 nitrogen and oxygen atoms in total. The monoisotopic (exact) mass is 447 g/mol. The first-order chi connectivity index (χ1) is 14.8. The van der Waals surface area contributed by atoms with E-state index in [1.165, 1.54) is 28.2 Å². The first-order valence-corrected chi connectivity index (χ1v) is 11.8. The predicted octanol–water partition coefficient (Wildman–Crippen LogP) is 2.41. The number of amides is 1. The lowest BCUT2D eigenvalue weighted by Crippen LogP contribution is -2.35. The highest BCUT2D eigenvalue weighted by Gasteiger charge is 2.29.